The van der Waals surface area contributed by atoms with Gasteiger partial charge in [-0.15, -0.1) is 0 Å². The molecule has 0 unspecified atom stereocenters. The standard InChI is InChI=1S/C11H11Br2NO4/c1-5(2)18-11(17)14-9-7(10(15)16)3-6(12)4-8(9)13/h3-5H,1-2H3,(H,14,17)(H,15,16). The molecule has 0 aliphatic heterocycles. The zero-order valence-corrected chi connectivity index (χ0v) is 12.8. The number of carboxylic acid groups (broad SMARTS) is 1. The van der Waals surface area contributed by atoms with Crippen molar-refractivity contribution >= 4 is 49.6 Å². The lowest BCUT2D eigenvalue weighted by Gasteiger charge is -2.13. The second kappa shape index (κ2) is 6.19. The minimum atomic E-state index is -1.14. The van der Waals surface area contributed by atoms with Gasteiger partial charge in [0, 0.05) is 8.95 Å². The Kier molecular flexibility index (Phi) is 5.15. The molecule has 2 N–H and O–H groups in total. The lowest BCUT2D eigenvalue weighted by molar-refractivity contribution is 0.0698. The van der Waals surface area contributed by atoms with Crippen LogP contribution in [0.25, 0.3) is 0 Å². The third kappa shape index (κ3) is 3.99. The number of benzene rings is 1. The number of rotatable bonds is 3. The van der Waals surface area contributed by atoms with Crippen molar-refractivity contribution in [1.29, 1.82) is 0 Å². The number of anilines is 1. The van der Waals surface area contributed by atoms with Gasteiger partial charge in [0.2, 0.25) is 0 Å². The molecule has 0 fully saturated rings. The summed E-state index contributed by atoms with van der Waals surface area (Å²) < 4.78 is 5.94. The zero-order valence-electron chi connectivity index (χ0n) is 9.66. The molecule has 7 heteroatoms. The maximum absolute atomic E-state index is 11.5. The highest BCUT2D eigenvalue weighted by Gasteiger charge is 2.17. The van der Waals surface area contributed by atoms with Gasteiger partial charge in [-0.1, -0.05) is 15.9 Å². The number of carbonyl (C=O) groups is 2. The highest BCUT2D eigenvalue weighted by Crippen LogP contribution is 2.31. The molecular weight excluding hydrogens is 370 g/mol. The highest BCUT2D eigenvalue weighted by molar-refractivity contribution is 9.11. The molecule has 0 bridgehead atoms. The summed E-state index contributed by atoms with van der Waals surface area (Å²) >= 11 is 6.38. The summed E-state index contributed by atoms with van der Waals surface area (Å²) in [5, 5.41) is 11.5. The summed E-state index contributed by atoms with van der Waals surface area (Å²) in [7, 11) is 0. The van der Waals surface area contributed by atoms with Crippen molar-refractivity contribution in [3.8, 4) is 0 Å². The number of halogens is 2. The molecule has 1 aromatic rings. The van der Waals surface area contributed by atoms with Gasteiger partial charge in [-0.3, -0.25) is 5.32 Å². The summed E-state index contributed by atoms with van der Waals surface area (Å²) in [4.78, 5) is 22.6. The molecule has 0 atom stereocenters. The molecule has 0 saturated heterocycles. The number of aromatic carboxylic acids is 1. The van der Waals surface area contributed by atoms with E-state index in [-0.39, 0.29) is 17.4 Å². The fourth-order valence-corrected chi connectivity index (χ4v) is 2.54. The fourth-order valence-electron chi connectivity index (χ4n) is 1.21. The number of hydrogen-bond donors (Lipinski definition) is 2. The van der Waals surface area contributed by atoms with Crippen LogP contribution in [0.2, 0.25) is 0 Å². The van der Waals surface area contributed by atoms with Crippen molar-refractivity contribution in [3.63, 3.8) is 0 Å². The van der Waals surface area contributed by atoms with Crippen molar-refractivity contribution in [1.82, 2.24) is 0 Å². The third-order valence-electron chi connectivity index (χ3n) is 1.86. The van der Waals surface area contributed by atoms with Crippen molar-refractivity contribution < 1.29 is 19.4 Å². The van der Waals surface area contributed by atoms with E-state index in [1.165, 1.54) is 6.07 Å². The average molecular weight is 381 g/mol. The first-order chi connectivity index (χ1) is 8.31. The first-order valence-electron chi connectivity index (χ1n) is 5.01. The second-order valence-electron chi connectivity index (χ2n) is 3.69. The van der Waals surface area contributed by atoms with Crippen molar-refractivity contribution in [2.45, 2.75) is 20.0 Å². The van der Waals surface area contributed by atoms with Gasteiger partial charge in [-0.2, -0.15) is 0 Å². The minimum Gasteiger partial charge on any atom is -0.478 e. The Hall–Kier alpha value is -1.08. The van der Waals surface area contributed by atoms with E-state index in [2.05, 4.69) is 37.2 Å². The van der Waals surface area contributed by atoms with E-state index in [0.717, 1.165) is 0 Å². The number of nitrogens with one attached hydrogen (secondary N) is 1. The predicted molar refractivity (Wildman–Crippen MR) is 74.0 cm³/mol. The minimum absolute atomic E-state index is 0.0306. The van der Waals surface area contributed by atoms with Gasteiger partial charge in [0.05, 0.1) is 17.4 Å². The van der Waals surface area contributed by atoms with Crippen LogP contribution in [0.15, 0.2) is 21.1 Å². The Labute approximate surface area is 121 Å². The fraction of sp³-hybridized carbons (Fsp3) is 0.273. The summed E-state index contributed by atoms with van der Waals surface area (Å²) in [6, 6.07) is 3.04. The van der Waals surface area contributed by atoms with Gasteiger partial charge in [0.25, 0.3) is 0 Å². The Morgan fingerprint density at radius 3 is 2.44 bits per heavy atom. The quantitative estimate of drug-likeness (QED) is 0.834. The molecule has 18 heavy (non-hydrogen) atoms. The van der Waals surface area contributed by atoms with E-state index in [1.54, 1.807) is 19.9 Å². The summed E-state index contributed by atoms with van der Waals surface area (Å²) in [6.45, 7) is 3.41. The van der Waals surface area contributed by atoms with Crippen LogP contribution in [0.3, 0.4) is 0 Å². The Bertz CT molecular complexity index is 488. The Morgan fingerprint density at radius 1 is 1.33 bits per heavy atom. The number of hydrogen-bond acceptors (Lipinski definition) is 3. The molecule has 0 radical (unpaired) electrons. The maximum atomic E-state index is 11.5. The lowest BCUT2D eigenvalue weighted by Crippen LogP contribution is -2.20. The van der Waals surface area contributed by atoms with Crippen molar-refractivity contribution in [3.05, 3.63) is 26.6 Å². The summed E-state index contributed by atoms with van der Waals surface area (Å²) in [6.07, 6.45) is -0.983. The van der Waals surface area contributed by atoms with Crippen LogP contribution in [0.4, 0.5) is 10.5 Å². The first kappa shape index (κ1) is 15.0. The average Bonchev–Trinajstić information content (AvgIpc) is 2.20. The van der Waals surface area contributed by atoms with E-state index in [0.29, 0.717) is 8.95 Å². The van der Waals surface area contributed by atoms with Gasteiger partial charge in [0.1, 0.15) is 0 Å². The Balaban J connectivity index is 3.07. The van der Waals surface area contributed by atoms with Gasteiger partial charge >= 0.3 is 12.1 Å². The number of carboxylic acids is 1. The molecule has 1 rings (SSSR count). The van der Waals surface area contributed by atoms with Gasteiger partial charge in [-0.25, -0.2) is 9.59 Å². The third-order valence-corrected chi connectivity index (χ3v) is 2.94. The smallest absolute Gasteiger partial charge is 0.411 e. The van der Waals surface area contributed by atoms with Gasteiger partial charge in [-0.05, 0) is 41.9 Å². The topological polar surface area (TPSA) is 75.6 Å². The van der Waals surface area contributed by atoms with E-state index in [1.807, 2.05) is 0 Å². The molecule has 0 aliphatic carbocycles. The van der Waals surface area contributed by atoms with E-state index < -0.39 is 12.1 Å². The SMILES string of the molecule is CC(C)OC(=O)Nc1c(Br)cc(Br)cc1C(=O)O. The summed E-state index contributed by atoms with van der Waals surface area (Å²) in [5.41, 5.74) is 0.133. The molecule has 0 aromatic heterocycles. The van der Waals surface area contributed by atoms with Crippen LogP contribution in [0.1, 0.15) is 24.2 Å². The van der Waals surface area contributed by atoms with Gasteiger partial charge < -0.3 is 9.84 Å². The molecule has 5 nitrogen and oxygen atoms in total. The predicted octanol–water partition coefficient (Wildman–Crippen LogP) is 3.87. The molecule has 0 heterocycles. The molecular formula is C11H11Br2NO4. The maximum Gasteiger partial charge on any atom is 0.411 e. The summed E-state index contributed by atoms with van der Waals surface area (Å²) in [5.74, 6) is -1.14. The number of ether oxygens (including phenoxy) is 1. The Morgan fingerprint density at radius 2 is 1.94 bits per heavy atom. The molecule has 0 spiro atoms. The first-order valence-corrected chi connectivity index (χ1v) is 6.60. The van der Waals surface area contributed by atoms with Crippen LogP contribution >= 0.6 is 31.9 Å². The lowest BCUT2D eigenvalue weighted by atomic mass is 10.2. The normalized spacial score (nSPS) is 10.3. The molecule has 1 aromatic carbocycles. The molecule has 1 amide bonds. The number of carbonyl (C=O) groups excluding carboxylic acids is 1. The van der Waals surface area contributed by atoms with Crippen LogP contribution in [0.5, 0.6) is 0 Å². The second-order valence-corrected chi connectivity index (χ2v) is 5.46. The van der Waals surface area contributed by atoms with E-state index >= 15 is 0 Å². The van der Waals surface area contributed by atoms with E-state index in [9.17, 15) is 9.59 Å². The number of amides is 1. The highest BCUT2D eigenvalue weighted by atomic mass is 79.9. The molecule has 0 saturated carbocycles. The van der Waals surface area contributed by atoms with Gasteiger partial charge in [0.15, 0.2) is 0 Å². The van der Waals surface area contributed by atoms with Crippen LogP contribution in [-0.2, 0) is 4.74 Å². The van der Waals surface area contributed by atoms with Crippen LogP contribution < -0.4 is 5.32 Å². The van der Waals surface area contributed by atoms with Crippen LogP contribution in [-0.4, -0.2) is 23.3 Å². The van der Waals surface area contributed by atoms with Crippen molar-refractivity contribution in [2.24, 2.45) is 0 Å². The van der Waals surface area contributed by atoms with E-state index in [4.69, 9.17) is 9.84 Å². The largest absolute Gasteiger partial charge is 0.478 e. The van der Waals surface area contributed by atoms with Crippen molar-refractivity contribution in [2.75, 3.05) is 5.32 Å². The molecule has 0 aliphatic rings. The zero-order chi connectivity index (χ0) is 13.9. The monoisotopic (exact) mass is 379 g/mol. The van der Waals surface area contributed by atoms with Crippen LogP contribution in [0, 0.1) is 0 Å². The molecule has 98 valence electrons.